The number of alkyl carbamates (subject to hydrolysis) is 1. The van der Waals surface area contributed by atoms with Crippen molar-refractivity contribution >= 4 is 6.09 Å². The Morgan fingerprint density at radius 2 is 2.27 bits per heavy atom. The fourth-order valence-electron chi connectivity index (χ4n) is 1.48. The number of carbonyl (C=O) groups is 1. The van der Waals surface area contributed by atoms with E-state index in [-0.39, 0.29) is 12.2 Å². The Hall–Kier alpha value is -0.730. The van der Waals surface area contributed by atoms with Gasteiger partial charge in [0.1, 0.15) is 6.10 Å². The third-order valence-electron chi connectivity index (χ3n) is 2.25. The highest BCUT2D eigenvalue weighted by Crippen LogP contribution is 2.27. The molecule has 0 aromatic heterocycles. The molecule has 64 valence electrons. The Balaban J connectivity index is 2.30. The molecule has 0 aromatic rings. The molecule has 1 amide bonds. The second-order valence-corrected chi connectivity index (χ2v) is 3.10. The van der Waals surface area contributed by atoms with Crippen LogP contribution in [0.3, 0.4) is 0 Å². The lowest BCUT2D eigenvalue weighted by Crippen LogP contribution is -2.27. The van der Waals surface area contributed by atoms with E-state index < -0.39 is 0 Å². The van der Waals surface area contributed by atoms with Gasteiger partial charge in [-0.1, -0.05) is 6.92 Å². The van der Waals surface area contributed by atoms with E-state index in [2.05, 4.69) is 12.2 Å². The Kier molecular flexibility index (Phi) is 2.74. The molecule has 0 aromatic carbocycles. The zero-order valence-electron chi connectivity index (χ0n) is 7.09. The van der Waals surface area contributed by atoms with Crippen molar-refractivity contribution in [1.29, 1.82) is 0 Å². The smallest absolute Gasteiger partial charge is 0.407 e. The molecule has 0 saturated heterocycles. The summed E-state index contributed by atoms with van der Waals surface area (Å²) in [7, 11) is 1.59. The molecule has 11 heavy (non-hydrogen) atoms. The first-order valence-electron chi connectivity index (χ1n) is 4.12. The van der Waals surface area contributed by atoms with E-state index in [0.717, 1.165) is 6.42 Å². The number of hydrogen-bond donors (Lipinski definition) is 1. The van der Waals surface area contributed by atoms with Gasteiger partial charge in [-0.15, -0.1) is 0 Å². The number of carbonyl (C=O) groups excluding carboxylic acids is 1. The molecule has 3 nitrogen and oxygen atoms in total. The maximum absolute atomic E-state index is 10.8. The summed E-state index contributed by atoms with van der Waals surface area (Å²) in [5.41, 5.74) is 0. The highest BCUT2D eigenvalue weighted by atomic mass is 16.6. The highest BCUT2D eigenvalue weighted by molar-refractivity contribution is 5.66. The van der Waals surface area contributed by atoms with Gasteiger partial charge in [0.2, 0.25) is 0 Å². The van der Waals surface area contributed by atoms with E-state index in [1.807, 2.05) is 0 Å². The monoisotopic (exact) mass is 157 g/mol. The van der Waals surface area contributed by atoms with Gasteiger partial charge >= 0.3 is 6.09 Å². The Morgan fingerprint density at radius 3 is 2.73 bits per heavy atom. The molecule has 1 aliphatic carbocycles. The van der Waals surface area contributed by atoms with Crippen LogP contribution in [-0.4, -0.2) is 19.2 Å². The number of rotatable bonds is 1. The van der Waals surface area contributed by atoms with Crippen LogP contribution in [0.5, 0.6) is 0 Å². The van der Waals surface area contributed by atoms with Crippen LogP contribution in [0.15, 0.2) is 0 Å². The van der Waals surface area contributed by atoms with Gasteiger partial charge in [0, 0.05) is 7.05 Å². The number of hydrogen-bond acceptors (Lipinski definition) is 2. The van der Waals surface area contributed by atoms with Crippen molar-refractivity contribution in [3.8, 4) is 0 Å². The summed E-state index contributed by atoms with van der Waals surface area (Å²) in [6.07, 6.45) is 3.23. The Morgan fingerprint density at radius 1 is 1.55 bits per heavy atom. The van der Waals surface area contributed by atoms with Crippen molar-refractivity contribution in [2.75, 3.05) is 7.05 Å². The van der Waals surface area contributed by atoms with Gasteiger partial charge < -0.3 is 10.1 Å². The van der Waals surface area contributed by atoms with Crippen LogP contribution in [0.4, 0.5) is 4.79 Å². The summed E-state index contributed by atoms with van der Waals surface area (Å²) in [5, 5.41) is 2.45. The van der Waals surface area contributed by atoms with Crippen molar-refractivity contribution in [1.82, 2.24) is 5.32 Å². The first-order chi connectivity index (χ1) is 5.24. The summed E-state index contributed by atoms with van der Waals surface area (Å²) in [6.45, 7) is 2.13. The molecule has 1 rings (SSSR count). The van der Waals surface area contributed by atoms with Crippen LogP contribution in [0.2, 0.25) is 0 Å². The molecule has 0 radical (unpaired) electrons. The summed E-state index contributed by atoms with van der Waals surface area (Å²) in [5.74, 6) is 0.535. The highest BCUT2D eigenvalue weighted by Gasteiger charge is 2.26. The normalized spacial score (nSPS) is 30.0. The van der Waals surface area contributed by atoms with Gasteiger partial charge in [0.25, 0.3) is 0 Å². The van der Waals surface area contributed by atoms with E-state index in [4.69, 9.17) is 4.74 Å². The van der Waals surface area contributed by atoms with E-state index >= 15 is 0 Å². The molecule has 1 aliphatic rings. The second-order valence-electron chi connectivity index (χ2n) is 3.10. The lowest BCUT2D eigenvalue weighted by molar-refractivity contribution is 0.0817. The van der Waals surface area contributed by atoms with Crippen molar-refractivity contribution < 1.29 is 9.53 Å². The van der Waals surface area contributed by atoms with Crippen LogP contribution in [0, 0.1) is 5.92 Å². The summed E-state index contributed by atoms with van der Waals surface area (Å²) in [6, 6.07) is 0. The number of nitrogens with one attached hydrogen (secondary N) is 1. The molecule has 0 bridgehead atoms. The molecule has 0 spiro atoms. The van der Waals surface area contributed by atoms with Gasteiger partial charge in [-0.3, -0.25) is 0 Å². The second kappa shape index (κ2) is 3.60. The lowest BCUT2D eigenvalue weighted by atomic mass is 10.1. The number of ether oxygens (including phenoxy) is 1. The standard InChI is InChI=1S/C8H15NO2/c1-6-4-3-5-7(6)11-8(10)9-2/h6-7H,3-5H2,1-2H3,(H,9,10)/t6-,7+/m1/s1. The predicted octanol–water partition coefficient (Wildman–Crippen LogP) is 1.53. The molecule has 0 unspecified atom stereocenters. The first kappa shape index (κ1) is 8.37. The van der Waals surface area contributed by atoms with Gasteiger partial charge in [-0.05, 0) is 25.2 Å². The minimum atomic E-state index is -0.302. The van der Waals surface area contributed by atoms with Crippen molar-refractivity contribution in [2.45, 2.75) is 32.3 Å². The fourth-order valence-corrected chi connectivity index (χ4v) is 1.48. The van der Waals surface area contributed by atoms with E-state index in [1.54, 1.807) is 7.05 Å². The van der Waals surface area contributed by atoms with Gasteiger partial charge in [-0.25, -0.2) is 4.79 Å². The Labute approximate surface area is 67.1 Å². The van der Waals surface area contributed by atoms with Gasteiger partial charge in [-0.2, -0.15) is 0 Å². The number of amides is 1. The topological polar surface area (TPSA) is 38.3 Å². The quantitative estimate of drug-likeness (QED) is 0.627. The van der Waals surface area contributed by atoms with Crippen LogP contribution in [0.1, 0.15) is 26.2 Å². The molecular weight excluding hydrogens is 142 g/mol. The molecule has 0 aliphatic heterocycles. The molecule has 2 atom stereocenters. The maximum atomic E-state index is 10.8. The molecule has 3 heteroatoms. The Bertz CT molecular complexity index is 147. The zero-order valence-corrected chi connectivity index (χ0v) is 7.09. The SMILES string of the molecule is CNC(=O)O[C@H]1CCC[C@H]1C. The largest absolute Gasteiger partial charge is 0.446 e. The average Bonchev–Trinajstić information content (AvgIpc) is 2.37. The third kappa shape index (κ3) is 2.10. The molecule has 1 N–H and O–H groups in total. The summed E-state index contributed by atoms with van der Waals surface area (Å²) < 4.78 is 5.12. The third-order valence-corrected chi connectivity index (χ3v) is 2.25. The zero-order chi connectivity index (χ0) is 8.27. The maximum Gasteiger partial charge on any atom is 0.407 e. The average molecular weight is 157 g/mol. The van der Waals surface area contributed by atoms with Crippen LogP contribution < -0.4 is 5.32 Å². The van der Waals surface area contributed by atoms with E-state index in [9.17, 15) is 4.79 Å². The molecular formula is C8H15NO2. The van der Waals surface area contributed by atoms with Gasteiger partial charge in [0.05, 0.1) is 0 Å². The molecule has 0 heterocycles. The molecule has 1 fully saturated rings. The first-order valence-corrected chi connectivity index (χ1v) is 4.12. The predicted molar refractivity (Wildman–Crippen MR) is 42.3 cm³/mol. The van der Waals surface area contributed by atoms with Crippen LogP contribution >= 0.6 is 0 Å². The fraction of sp³-hybridized carbons (Fsp3) is 0.875. The summed E-state index contributed by atoms with van der Waals surface area (Å²) >= 11 is 0. The van der Waals surface area contributed by atoms with Crippen LogP contribution in [-0.2, 0) is 4.74 Å². The van der Waals surface area contributed by atoms with Crippen LogP contribution in [0.25, 0.3) is 0 Å². The summed E-state index contributed by atoms with van der Waals surface area (Å²) in [4.78, 5) is 10.8. The van der Waals surface area contributed by atoms with Crippen molar-refractivity contribution in [2.24, 2.45) is 5.92 Å². The van der Waals surface area contributed by atoms with Crippen molar-refractivity contribution in [3.05, 3.63) is 0 Å². The lowest BCUT2D eigenvalue weighted by Gasteiger charge is -2.15. The minimum Gasteiger partial charge on any atom is -0.446 e. The van der Waals surface area contributed by atoms with Crippen molar-refractivity contribution in [3.63, 3.8) is 0 Å². The minimum absolute atomic E-state index is 0.148. The van der Waals surface area contributed by atoms with E-state index in [0.29, 0.717) is 5.92 Å². The van der Waals surface area contributed by atoms with Gasteiger partial charge in [0.15, 0.2) is 0 Å². The molecule has 1 saturated carbocycles. The van der Waals surface area contributed by atoms with E-state index in [1.165, 1.54) is 12.8 Å².